The standard InChI is InChI=1S/C16H18BrN/c1-18(16-10-6-3-7-11-16)13-15(12-17)14-8-4-2-5-9-14/h2-11,15H,12-13H2,1H3. The van der Waals surface area contributed by atoms with Crippen LogP contribution < -0.4 is 4.90 Å². The lowest BCUT2D eigenvalue weighted by Gasteiger charge is -2.25. The van der Waals surface area contributed by atoms with E-state index in [0.717, 1.165) is 11.9 Å². The monoisotopic (exact) mass is 303 g/mol. The van der Waals surface area contributed by atoms with Crippen molar-refractivity contribution in [2.75, 3.05) is 23.8 Å². The minimum atomic E-state index is 0.511. The van der Waals surface area contributed by atoms with Crippen molar-refractivity contribution in [3.05, 3.63) is 66.2 Å². The zero-order valence-corrected chi connectivity index (χ0v) is 12.2. The lowest BCUT2D eigenvalue weighted by molar-refractivity contribution is 0.747. The van der Waals surface area contributed by atoms with Crippen molar-refractivity contribution in [1.82, 2.24) is 0 Å². The number of halogens is 1. The molecule has 0 amide bonds. The summed E-state index contributed by atoms with van der Waals surface area (Å²) in [6, 6.07) is 21.2. The third-order valence-electron chi connectivity index (χ3n) is 3.15. The van der Waals surface area contributed by atoms with Crippen molar-refractivity contribution >= 4 is 21.6 Å². The van der Waals surface area contributed by atoms with E-state index < -0.39 is 0 Å². The van der Waals surface area contributed by atoms with Crippen LogP contribution >= 0.6 is 15.9 Å². The van der Waals surface area contributed by atoms with Gasteiger partial charge in [-0.2, -0.15) is 0 Å². The lowest BCUT2D eigenvalue weighted by Crippen LogP contribution is -2.24. The van der Waals surface area contributed by atoms with Crippen LogP contribution in [0.2, 0.25) is 0 Å². The molecule has 0 bridgehead atoms. The quantitative estimate of drug-likeness (QED) is 0.744. The molecule has 0 fully saturated rings. The Morgan fingerprint density at radius 2 is 1.50 bits per heavy atom. The maximum absolute atomic E-state index is 3.63. The fourth-order valence-corrected chi connectivity index (χ4v) is 2.67. The van der Waals surface area contributed by atoms with Crippen molar-refractivity contribution in [3.63, 3.8) is 0 Å². The number of hydrogen-bond donors (Lipinski definition) is 0. The Labute approximate surface area is 118 Å². The van der Waals surface area contributed by atoms with Crippen LogP contribution in [-0.2, 0) is 0 Å². The van der Waals surface area contributed by atoms with Gasteiger partial charge < -0.3 is 4.90 Å². The summed E-state index contributed by atoms with van der Waals surface area (Å²) in [6.07, 6.45) is 0. The average Bonchev–Trinajstić information content (AvgIpc) is 2.46. The molecular formula is C16H18BrN. The van der Waals surface area contributed by atoms with E-state index in [1.54, 1.807) is 0 Å². The first-order valence-corrected chi connectivity index (χ1v) is 7.30. The third kappa shape index (κ3) is 3.36. The molecule has 2 aromatic rings. The van der Waals surface area contributed by atoms with E-state index >= 15 is 0 Å². The number of likely N-dealkylation sites (N-methyl/N-ethyl adjacent to an activating group) is 1. The van der Waals surface area contributed by atoms with Crippen LogP contribution in [0, 0.1) is 0 Å². The van der Waals surface area contributed by atoms with Gasteiger partial charge in [-0.3, -0.25) is 0 Å². The summed E-state index contributed by atoms with van der Waals surface area (Å²) in [5, 5.41) is 0.980. The molecule has 0 N–H and O–H groups in total. The van der Waals surface area contributed by atoms with Crippen molar-refractivity contribution in [2.45, 2.75) is 5.92 Å². The molecule has 18 heavy (non-hydrogen) atoms. The molecule has 1 atom stereocenters. The maximum atomic E-state index is 3.63. The van der Waals surface area contributed by atoms with Crippen LogP contribution in [0.5, 0.6) is 0 Å². The molecule has 0 aliphatic carbocycles. The molecule has 0 saturated heterocycles. The average molecular weight is 304 g/mol. The van der Waals surface area contributed by atoms with Crippen LogP contribution in [-0.4, -0.2) is 18.9 Å². The Hall–Kier alpha value is -1.28. The second-order valence-electron chi connectivity index (χ2n) is 4.48. The zero-order valence-electron chi connectivity index (χ0n) is 10.6. The van der Waals surface area contributed by atoms with Crippen LogP contribution in [0.1, 0.15) is 11.5 Å². The maximum Gasteiger partial charge on any atom is 0.0363 e. The van der Waals surface area contributed by atoms with Crippen molar-refractivity contribution in [3.8, 4) is 0 Å². The third-order valence-corrected chi connectivity index (χ3v) is 3.93. The Bertz CT molecular complexity index is 455. The topological polar surface area (TPSA) is 3.24 Å². The normalized spacial score (nSPS) is 12.1. The van der Waals surface area contributed by atoms with Gasteiger partial charge in [0.2, 0.25) is 0 Å². The molecule has 1 nitrogen and oxygen atoms in total. The van der Waals surface area contributed by atoms with E-state index in [9.17, 15) is 0 Å². The number of benzene rings is 2. The summed E-state index contributed by atoms with van der Waals surface area (Å²) in [4.78, 5) is 2.30. The first kappa shape index (κ1) is 13.2. The molecule has 94 valence electrons. The number of alkyl halides is 1. The van der Waals surface area contributed by atoms with E-state index in [4.69, 9.17) is 0 Å². The molecule has 2 rings (SSSR count). The van der Waals surface area contributed by atoms with Crippen LogP contribution in [0.25, 0.3) is 0 Å². The van der Waals surface area contributed by atoms with Gasteiger partial charge in [-0.25, -0.2) is 0 Å². The van der Waals surface area contributed by atoms with Gasteiger partial charge in [0.15, 0.2) is 0 Å². The molecule has 2 aromatic carbocycles. The highest BCUT2D eigenvalue weighted by atomic mass is 79.9. The van der Waals surface area contributed by atoms with Crippen molar-refractivity contribution < 1.29 is 0 Å². The Morgan fingerprint density at radius 1 is 0.944 bits per heavy atom. The van der Waals surface area contributed by atoms with Gasteiger partial charge in [-0.1, -0.05) is 64.5 Å². The molecule has 0 aliphatic heterocycles. The summed E-state index contributed by atoms with van der Waals surface area (Å²) < 4.78 is 0. The second-order valence-corrected chi connectivity index (χ2v) is 5.13. The number of anilines is 1. The minimum absolute atomic E-state index is 0.511. The summed E-state index contributed by atoms with van der Waals surface area (Å²) >= 11 is 3.63. The Morgan fingerprint density at radius 3 is 2.06 bits per heavy atom. The smallest absolute Gasteiger partial charge is 0.0363 e. The van der Waals surface area contributed by atoms with Crippen LogP contribution in [0.15, 0.2) is 60.7 Å². The predicted molar refractivity (Wildman–Crippen MR) is 82.7 cm³/mol. The molecule has 0 radical (unpaired) electrons. The summed E-state index contributed by atoms with van der Waals surface area (Å²) in [6.45, 7) is 1.01. The summed E-state index contributed by atoms with van der Waals surface area (Å²) in [5.41, 5.74) is 2.65. The molecular weight excluding hydrogens is 286 g/mol. The van der Waals surface area contributed by atoms with E-state index in [1.165, 1.54) is 11.3 Å². The van der Waals surface area contributed by atoms with E-state index in [-0.39, 0.29) is 0 Å². The van der Waals surface area contributed by atoms with Crippen molar-refractivity contribution in [2.24, 2.45) is 0 Å². The van der Waals surface area contributed by atoms with E-state index in [2.05, 4.69) is 88.5 Å². The summed E-state index contributed by atoms with van der Waals surface area (Å²) in [5.74, 6) is 0.511. The highest BCUT2D eigenvalue weighted by molar-refractivity contribution is 9.09. The minimum Gasteiger partial charge on any atom is -0.374 e. The SMILES string of the molecule is CN(CC(CBr)c1ccccc1)c1ccccc1. The molecule has 0 heterocycles. The number of hydrogen-bond acceptors (Lipinski definition) is 1. The largest absolute Gasteiger partial charge is 0.374 e. The molecule has 0 spiro atoms. The molecule has 2 heteroatoms. The van der Waals surface area contributed by atoms with Gasteiger partial charge in [0.25, 0.3) is 0 Å². The second kappa shape index (κ2) is 6.60. The summed E-state index contributed by atoms with van der Waals surface area (Å²) in [7, 11) is 2.15. The number of para-hydroxylation sites is 1. The Balaban J connectivity index is 2.07. The predicted octanol–water partition coefficient (Wildman–Crippen LogP) is 4.30. The van der Waals surface area contributed by atoms with Gasteiger partial charge in [-0.15, -0.1) is 0 Å². The zero-order chi connectivity index (χ0) is 12.8. The first-order valence-electron chi connectivity index (χ1n) is 6.18. The van der Waals surface area contributed by atoms with E-state index in [0.29, 0.717) is 5.92 Å². The highest BCUT2D eigenvalue weighted by Crippen LogP contribution is 2.21. The fourth-order valence-electron chi connectivity index (χ4n) is 2.09. The number of rotatable bonds is 5. The number of nitrogens with zero attached hydrogens (tertiary/aromatic N) is 1. The van der Waals surface area contributed by atoms with Crippen LogP contribution in [0.3, 0.4) is 0 Å². The van der Waals surface area contributed by atoms with E-state index in [1.807, 2.05) is 0 Å². The van der Waals surface area contributed by atoms with Gasteiger partial charge in [0.1, 0.15) is 0 Å². The fraction of sp³-hybridized carbons (Fsp3) is 0.250. The Kier molecular flexibility index (Phi) is 4.82. The van der Waals surface area contributed by atoms with Gasteiger partial charge in [0.05, 0.1) is 0 Å². The highest BCUT2D eigenvalue weighted by Gasteiger charge is 2.12. The lowest BCUT2D eigenvalue weighted by atomic mass is 10.0. The van der Waals surface area contributed by atoms with Gasteiger partial charge >= 0.3 is 0 Å². The van der Waals surface area contributed by atoms with Crippen molar-refractivity contribution in [1.29, 1.82) is 0 Å². The molecule has 1 unspecified atom stereocenters. The molecule has 0 aliphatic rings. The van der Waals surface area contributed by atoms with Gasteiger partial charge in [-0.05, 0) is 17.7 Å². The molecule has 0 aromatic heterocycles. The van der Waals surface area contributed by atoms with Gasteiger partial charge in [0, 0.05) is 30.5 Å². The molecule has 0 saturated carbocycles. The first-order chi connectivity index (χ1) is 8.81. The van der Waals surface area contributed by atoms with Crippen LogP contribution in [0.4, 0.5) is 5.69 Å².